The van der Waals surface area contributed by atoms with Crippen molar-refractivity contribution in [2.24, 2.45) is 50.2 Å². The van der Waals surface area contributed by atoms with Crippen LogP contribution in [0.5, 0.6) is 0 Å². The second kappa shape index (κ2) is 8.83. The first-order valence-electron chi connectivity index (χ1n) is 16.0. The Balaban J connectivity index is 1.40. The number of hydrogen-bond acceptors (Lipinski definition) is 2. The van der Waals surface area contributed by atoms with E-state index < -0.39 is 17.4 Å². The SMILES string of the molecule is CC1(C)CC[C@]2(C(=O)O)CC[C@]3(C)C(=CC[C@@H]4[C@@]5(C)CC=C(c6ccc(C(=O)O)cc6)C(C)(C)[C@@H]5CC[C@]43C)[C@H]2C1. The van der Waals surface area contributed by atoms with E-state index in [-0.39, 0.29) is 33.0 Å². The van der Waals surface area contributed by atoms with Crippen LogP contribution < -0.4 is 0 Å². The van der Waals surface area contributed by atoms with Gasteiger partial charge in [0.2, 0.25) is 0 Å². The van der Waals surface area contributed by atoms with Crippen LogP contribution in [0.1, 0.15) is 122 Å². The van der Waals surface area contributed by atoms with Gasteiger partial charge in [0.25, 0.3) is 0 Å². The molecule has 0 saturated heterocycles. The fourth-order valence-electron chi connectivity index (χ4n) is 11.5. The monoisotopic (exact) mass is 558 g/mol. The Morgan fingerprint density at radius 1 is 0.805 bits per heavy atom. The predicted octanol–water partition coefficient (Wildman–Crippen LogP) is 9.26. The molecule has 0 heterocycles. The molecule has 2 N–H and O–H groups in total. The van der Waals surface area contributed by atoms with Crippen molar-refractivity contribution in [1.29, 1.82) is 0 Å². The summed E-state index contributed by atoms with van der Waals surface area (Å²) in [5.74, 6) is -0.226. The zero-order valence-corrected chi connectivity index (χ0v) is 26.3. The van der Waals surface area contributed by atoms with E-state index in [4.69, 9.17) is 0 Å². The van der Waals surface area contributed by atoms with Gasteiger partial charge in [0.15, 0.2) is 0 Å². The highest BCUT2D eigenvalue weighted by Crippen LogP contribution is 2.76. The Kier molecular flexibility index (Phi) is 6.19. The Morgan fingerprint density at radius 3 is 2.10 bits per heavy atom. The van der Waals surface area contributed by atoms with Crippen LogP contribution in [0, 0.1) is 50.2 Å². The van der Waals surface area contributed by atoms with Gasteiger partial charge in [-0.3, -0.25) is 4.79 Å². The Morgan fingerprint density at radius 2 is 1.46 bits per heavy atom. The average molecular weight is 559 g/mol. The number of aromatic carboxylic acids is 1. The third kappa shape index (κ3) is 3.77. The maximum absolute atomic E-state index is 12.9. The van der Waals surface area contributed by atoms with Crippen LogP contribution in [0.4, 0.5) is 0 Å². The van der Waals surface area contributed by atoms with E-state index in [9.17, 15) is 19.8 Å². The minimum Gasteiger partial charge on any atom is -0.481 e. The molecule has 1 aromatic carbocycles. The standard InChI is InChI=1S/C37H50O4/c1-32(2)18-20-37(31(40)41)21-19-35(6)26(27(37)22-32)12-13-29-34(5)16-14-25(23-8-10-24(11-9-23)30(38)39)33(3,4)28(34)15-17-36(29,35)7/h8-12,14,27-29H,13,15-22H2,1-7H3,(H,38,39)(H,40,41)/t27-,28+,29-,34+,35-,36-,37+/m1/s1. The van der Waals surface area contributed by atoms with E-state index in [1.165, 1.54) is 24.0 Å². The summed E-state index contributed by atoms with van der Waals surface area (Å²) in [7, 11) is 0. The quantitative estimate of drug-likeness (QED) is 0.363. The first kappa shape index (κ1) is 28.7. The van der Waals surface area contributed by atoms with Crippen molar-refractivity contribution in [3.05, 3.63) is 53.1 Å². The molecule has 4 heteroatoms. The number of fused-ring (bicyclic) bond motifs is 7. The fraction of sp³-hybridized carbons (Fsp3) is 0.676. The molecule has 7 atom stereocenters. The predicted molar refractivity (Wildman–Crippen MR) is 163 cm³/mol. The van der Waals surface area contributed by atoms with Crippen molar-refractivity contribution < 1.29 is 19.8 Å². The fourth-order valence-corrected chi connectivity index (χ4v) is 11.5. The van der Waals surface area contributed by atoms with Gasteiger partial charge in [0.1, 0.15) is 0 Å². The normalized spacial score (nSPS) is 42.4. The second-order valence-electron chi connectivity index (χ2n) is 16.6. The number of carbonyl (C=O) groups is 2. The first-order chi connectivity index (χ1) is 19.0. The number of benzene rings is 1. The minimum absolute atomic E-state index is 0.0254. The minimum atomic E-state index is -0.883. The van der Waals surface area contributed by atoms with E-state index in [1.54, 1.807) is 12.1 Å². The van der Waals surface area contributed by atoms with Crippen LogP contribution in [0.3, 0.4) is 0 Å². The van der Waals surface area contributed by atoms with Crippen LogP contribution in [-0.2, 0) is 4.79 Å². The molecule has 222 valence electrons. The van der Waals surface area contributed by atoms with Gasteiger partial charge in [-0.25, -0.2) is 4.79 Å². The van der Waals surface area contributed by atoms with Crippen molar-refractivity contribution in [3.63, 3.8) is 0 Å². The maximum Gasteiger partial charge on any atom is 0.335 e. The van der Waals surface area contributed by atoms with E-state index in [2.05, 4.69) is 60.6 Å². The van der Waals surface area contributed by atoms with Crippen LogP contribution in [-0.4, -0.2) is 22.2 Å². The molecule has 41 heavy (non-hydrogen) atoms. The number of hydrogen-bond donors (Lipinski definition) is 2. The molecule has 0 bridgehead atoms. The van der Waals surface area contributed by atoms with Crippen LogP contribution in [0.25, 0.3) is 5.57 Å². The highest BCUT2D eigenvalue weighted by atomic mass is 16.4. The topological polar surface area (TPSA) is 74.6 Å². The lowest BCUT2D eigenvalue weighted by molar-refractivity contribution is -0.177. The molecule has 4 nitrogen and oxygen atoms in total. The van der Waals surface area contributed by atoms with Gasteiger partial charge in [-0.2, -0.15) is 0 Å². The number of carboxylic acids is 2. The lowest BCUT2D eigenvalue weighted by Crippen LogP contribution is -2.63. The number of rotatable bonds is 3. The molecule has 3 saturated carbocycles. The summed E-state index contributed by atoms with van der Waals surface area (Å²) in [6, 6.07) is 7.46. The van der Waals surface area contributed by atoms with E-state index >= 15 is 0 Å². The summed E-state index contributed by atoms with van der Waals surface area (Å²) in [4.78, 5) is 24.4. The molecule has 1 aromatic rings. The molecule has 3 fully saturated rings. The van der Waals surface area contributed by atoms with Crippen molar-refractivity contribution in [2.45, 2.75) is 106 Å². The summed E-state index contributed by atoms with van der Waals surface area (Å²) in [5, 5.41) is 20.0. The van der Waals surface area contributed by atoms with Gasteiger partial charge in [-0.1, -0.05) is 78.3 Å². The average Bonchev–Trinajstić information content (AvgIpc) is 2.88. The molecule has 0 aromatic heterocycles. The molecule has 0 spiro atoms. The smallest absolute Gasteiger partial charge is 0.335 e. The van der Waals surface area contributed by atoms with Crippen LogP contribution >= 0.6 is 0 Å². The van der Waals surface area contributed by atoms with E-state index in [0.717, 1.165) is 50.5 Å². The zero-order valence-electron chi connectivity index (χ0n) is 26.3. The third-order valence-corrected chi connectivity index (χ3v) is 14.1. The van der Waals surface area contributed by atoms with Gasteiger partial charge >= 0.3 is 11.9 Å². The Bertz CT molecular complexity index is 1350. The second-order valence-corrected chi connectivity index (χ2v) is 16.6. The highest BCUT2D eigenvalue weighted by molar-refractivity contribution is 5.88. The Labute approximate surface area is 246 Å². The largest absolute Gasteiger partial charge is 0.481 e. The summed E-state index contributed by atoms with van der Waals surface area (Å²) in [5.41, 5.74) is 4.21. The Hall–Kier alpha value is -2.36. The molecule has 0 amide bonds. The summed E-state index contributed by atoms with van der Waals surface area (Å²) in [6.07, 6.45) is 14.0. The molecule has 5 aliphatic rings. The molecule has 6 rings (SSSR count). The number of allylic oxidation sites excluding steroid dienone is 4. The molecular weight excluding hydrogens is 508 g/mol. The third-order valence-electron chi connectivity index (χ3n) is 14.1. The van der Waals surface area contributed by atoms with Crippen LogP contribution in [0.2, 0.25) is 0 Å². The molecule has 0 radical (unpaired) electrons. The molecule has 5 aliphatic carbocycles. The maximum atomic E-state index is 12.9. The summed E-state index contributed by atoms with van der Waals surface area (Å²) < 4.78 is 0. The van der Waals surface area contributed by atoms with Gasteiger partial charge in [-0.15, -0.1) is 0 Å². The zero-order chi connectivity index (χ0) is 29.8. The van der Waals surface area contributed by atoms with Gasteiger partial charge in [0.05, 0.1) is 11.0 Å². The number of aliphatic carboxylic acids is 1. The van der Waals surface area contributed by atoms with E-state index in [0.29, 0.717) is 17.4 Å². The van der Waals surface area contributed by atoms with Gasteiger partial charge in [0, 0.05) is 0 Å². The van der Waals surface area contributed by atoms with Gasteiger partial charge < -0.3 is 10.2 Å². The van der Waals surface area contributed by atoms with Crippen molar-refractivity contribution in [2.75, 3.05) is 0 Å². The summed E-state index contributed by atoms with van der Waals surface area (Å²) in [6.45, 7) is 17.1. The lowest BCUT2D eigenvalue weighted by atomic mass is 9.34. The molecule has 0 aliphatic heterocycles. The number of carboxylic acid groups (broad SMARTS) is 2. The van der Waals surface area contributed by atoms with Crippen LogP contribution in [0.15, 0.2) is 42.0 Å². The highest BCUT2D eigenvalue weighted by Gasteiger charge is 2.68. The molecular formula is C37H50O4. The first-order valence-corrected chi connectivity index (χ1v) is 16.0. The van der Waals surface area contributed by atoms with Crippen molar-refractivity contribution in [1.82, 2.24) is 0 Å². The van der Waals surface area contributed by atoms with Gasteiger partial charge in [-0.05, 0) is 126 Å². The molecule has 0 unspecified atom stereocenters. The van der Waals surface area contributed by atoms with Crippen molar-refractivity contribution in [3.8, 4) is 0 Å². The van der Waals surface area contributed by atoms with E-state index in [1.807, 2.05) is 12.1 Å². The lowest BCUT2D eigenvalue weighted by Gasteiger charge is -2.70. The summed E-state index contributed by atoms with van der Waals surface area (Å²) >= 11 is 0. The van der Waals surface area contributed by atoms with Crippen molar-refractivity contribution >= 4 is 17.5 Å².